The first-order chi connectivity index (χ1) is 7.77. The first kappa shape index (κ1) is 16.1. The molecule has 0 amide bonds. The van der Waals surface area contributed by atoms with E-state index < -0.39 is 11.4 Å². The molecule has 100 valence electrons. The van der Waals surface area contributed by atoms with Gasteiger partial charge in [-0.1, -0.05) is 6.92 Å². The van der Waals surface area contributed by atoms with Crippen LogP contribution in [0.15, 0.2) is 0 Å². The van der Waals surface area contributed by atoms with Crippen LogP contribution in [0.5, 0.6) is 0 Å². The van der Waals surface area contributed by atoms with Gasteiger partial charge in [-0.2, -0.15) is 0 Å². The molecule has 0 aromatic carbocycles. The van der Waals surface area contributed by atoms with Crippen molar-refractivity contribution in [2.24, 2.45) is 5.41 Å². The smallest absolute Gasteiger partial charge is 0.319 e. The topological polar surface area (TPSA) is 46.6 Å². The van der Waals surface area contributed by atoms with E-state index in [0.29, 0.717) is 12.6 Å². The second kappa shape index (κ2) is 6.74. The van der Waals surface area contributed by atoms with Crippen LogP contribution in [-0.2, 0) is 14.3 Å². The summed E-state index contributed by atoms with van der Waals surface area (Å²) in [6.07, 6.45) is 0.976. The summed E-state index contributed by atoms with van der Waals surface area (Å²) in [5.74, 6) is -0.540. The normalized spacial score (nSPS) is 13.6. The van der Waals surface area contributed by atoms with Crippen molar-refractivity contribution in [3.05, 3.63) is 0 Å². The van der Waals surface area contributed by atoms with E-state index in [1.54, 1.807) is 20.8 Å². The molecular formula is C13H25NO3. The summed E-state index contributed by atoms with van der Waals surface area (Å²) in [7, 11) is 1.90. The highest BCUT2D eigenvalue weighted by Gasteiger charge is 2.37. The number of carbonyl (C=O) groups excluding carboxylic acids is 2. The summed E-state index contributed by atoms with van der Waals surface area (Å²) in [4.78, 5) is 25.7. The highest BCUT2D eigenvalue weighted by atomic mass is 16.5. The van der Waals surface area contributed by atoms with Gasteiger partial charge in [-0.25, -0.2) is 0 Å². The third-order valence-corrected chi connectivity index (χ3v) is 3.22. The zero-order valence-corrected chi connectivity index (χ0v) is 11.9. The van der Waals surface area contributed by atoms with Crippen molar-refractivity contribution < 1.29 is 14.3 Å². The number of nitrogens with zero attached hydrogens (tertiary/aromatic N) is 1. The molecule has 0 aliphatic rings. The fourth-order valence-electron chi connectivity index (χ4n) is 1.32. The van der Waals surface area contributed by atoms with E-state index in [1.807, 2.05) is 11.9 Å². The minimum atomic E-state index is -1.06. The molecule has 17 heavy (non-hydrogen) atoms. The molecule has 0 spiro atoms. The van der Waals surface area contributed by atoms with Gasteiger partial charge in [0, 0.05) is 6.04 Å². The van der Waals surface area contributed by atoms with Crippen molar-refractivity contribution in [2.75, 3.05) is 20.2 Å². The van der Waals surface area contributed by atoms with Gasteiger partial charge in [-0.15, -0.1) is 0 Å². The monoisotopic (exact) mass is 243 g/mol. The standard InChI is InChI=1S/C13H25NO3/c1-7-10(3)14(6)9-11(15)13(4,5)12(16)17-8-2/h10H,7-9H2,1-6H3. The van der Waals surface area contributed by atoms with Crippen molar-refractivity contribution in [3.63, 3.8) is 0 Å². The van der Waals surface area contributed by atoms with Gasteiger partial charge < -0.3 is 4.74 Å². The highest BCUT2D eigenvalue weighted by molar-refractivity contribution is 6.03. The van der Waals surface area contributed by atoms with E-state index in [1.165, 1.54) is 0 Å². The maximum atomic E-state index is 12.1. The quantitative estimate of drug-likeness (QED) is 0.506. The van der Waals surface area contributed by atoms with Gasteiger partial charge in [0.05, 0.1) is 13.2 Å². The number of hydrogen-bond donors (Lipinski definition) is 0. The van der Waals surface area contributed by atoms with Gasteiger partial charge in [0.1, 0.15) is 5.41 Å². The first-order valence-corrected chi connectivity index (χ1v) is 6.18. The first-order valence-electron chi connectivity index (χ1n) is 6.18. The number of carbonyl (C=O) groups is 2. The van der Waals surface area contributed by atoms with Crippen LogP contribution in [-0.4, -0.2) is 42.9 Å². The maximum absolute atomic E-state index is 12.1. The molecule has 4 nitrogen and oxygen atoms in total. The van der Waals surface area contributed by atoms with Crippen molar-refractivity contribution in [1.29, 1.82) is 0 Å². The van der Waals surface area contributed by atoms with E-state index in [4.69, 9.17) is 4.74 Å². The second-order valence-corrected chi connectivity index (χ2v) is 4.94. The maximum Gasteiger partial charge on any atom is 0.319 e. The third-order valence-electron chi connectivity index (χ3n) is 3.22. The lowest BCUT2D eigenvalue weighted by Crippen LogP contribution is -2.43. The lowest BCUT2D eigenvalue weighted by Gasteiger charge is -2.27. The van der Waals surface area contributed by atoms with E-state index in [-0.39, 0.29) is 12.3 Å². The Bertz CT molecular complexity index is 274. The third kappa shape index (κ3) is 4.46. The van der Waals surface area contributed by atoms with Crippen LogP contribution in [0.3, 0.4) is 0 Å². The Labute approximate surface area is 104 Å². The minimum absolute atomic E-state index is 0.0984. The fraction of sp³-hybridized carbons (Fsp3) is 0.846. The van der Waals surface area contributed by atoms with Crippen molar-refractivity contribution in [2.45, 2.75) is 47.1 Å². The number of likely N-dealkylation sites (N-methyl/N-ethyl adjacent to an activating group) is 1. The number of ketones is 1. The van der Waals surface area contributed by atoms with Crippen LogP contribution in [0.2, 0.25) is 0 Å². The van der Waals surface area contributed by atoms with Crippen LogP contribution < -0.4 is 0 Å². The summed E-state index contributed by atoms with van der Waals surface area (Å²) < 4.78 is 4.92. The average Bonchev–Trinajstić information content (AvgIpc) is 2.27. The Morgan fingerprint density at radius 3 is 2.24 bits per heavy atom. The zero-order chi connectivity index (χ0) is 13.6. The molecule has 0 rings (SSSR count). The molecule has 4 heteroatoms. The molecule has 0 radical (unpaired) electrons. The molecule has 1 atom stereocenters. The van der Waals surface area contributed by atoms with Gasteiger partial charge >= 0.3 is 5.97 Å². The predicted octanol–water partition coefficient (Wildman–Crippen LogP) is 1.88. The van der Waals surface area contributed by atoms with Gasteiger partial charge in [0.15, 0.2) is 5.78 Å². The van der Waals surface area contributed by atoms with Crippen molar-refractivity contribution >= 4 is 11.8 Å². The molecule has 0 aliphatic heterocycles. The minimum Gasteiger partial charge on any atom is -0.465 e. The highest BCUT2D eigenvalue weighted by Crippen LogP contribution is 2.20. The number of ether oxygens (including phenoxy) is 1. The molecule has 0 heterocycles. The largest absolute Gasteiger partial charge is 0.465 e. The Morgan fingerprint density at radius 1 is 1.29 bits per heavy atom. The van der Waals surface area contributed by atoms with E-state index in [2.05, 4.69) is 13.8 Å². The van der Waals surface area contributed by atoms with Crippen molar-refractivity contribution in [1.82, 2.24) is 4.90 Å². The average molecular weight is 243 g/mol. The number of Topliss-reactive ketones (excluding diaryl/α,β-unsaturated/α-hetero) is 1. The lowest BCUT2D eigenvalue weighted by molar-refractivity contribution is -0.158. The van der Waals surface area contributed by atoms with E-state index in [0.717, 1.165) is 6.42 Å². The van der Waals surface area contributed by atoms with Crippen LogP contribution in [0.25, 0.3) is 0 Å². The van der Waals surface area contributed by atoms with E-state index >= 15 is 0 Å². The summed E-state index contributed by atoms with van der Waals surface area (Å²) in [5.41, 5.74) is -1.06. The van der Waals surface area contributed by atoms with Crippen molar-refractivity contribution in [3.8, 4) is 0 Å². The van der Waals surface area contributed by atoms with Gasteiger partial charge in [0.25, 0.3) is 0 Å². The van der Waals surface area contributed by atoms with Gasteiger partial charge in [0.2, 0.25) is 0 Å². The molecule has 0 saturated carbocycles. The molecule has 1 unspecified atom stereocenters. The van der Waals surface area contributed by atoms with Gasteiger partial charge in [-0.05, 0) is 41.2 Å². The Kier molecular flexibility index (Phi) is 6.39. The molecule has 0 aromatic heterocycles. The Morgan fingerprint density at radius 2 is 1.82 bits per heavy atom. The molecular weight excluding hydrogens is 218 g/mol. The lowest BCUT2D eigenvalue weighted by atomic mass is 9.87. The van der Waals surface area contributed by atoms with Crippen LogP contribution in [0, 0.1) is 5.41 Å². The molecule has 0 fully saturated rings. The summed E-state index contributed by atoms with van der Waals surface area (Å²) in [5, 5.41) is 0. The molecule has 0 bridgehead atoms. The summed E-state index contributed by atoms with van der Waals surface area (Å²) in [6, 6.07) is 0.331. The Hall–Kier alpha value is -0.900. The van der Waals surface area contributed by atoms with Crippen LogP contribution in [0.4, 0.5) is 0 Å². The van der Waals surface area contributed by atoms with Crippen LogP contribution in [0.1, 0.15) is 41.0 Å². The Balaban J connectivity index is 4.53. The summed E-state index contributed by atoms with van der Waals surface area (Å²) in [6.45, 7) is 9.70. The molecule has 0 N–H and O–H groups in total. The molecule has 0 aliphatic carbocycles. The van der Waals surface area contributed by atoms with E-state index in [9.17, 15) is 9.59 Å². The predicted molar refractivity (Wildman–Crippen MR) is 67.8 cm³/mol. The second-order valence-electron chi connectivity index (χ2n) is 4.94. The molecule has 0 saturated heterocycles. The summed E-state index contributed by atoms with van der Waals surface area (Å²) >= 11 is 0. The number of esters is 1. The number of rotatable bonds is 7. The fourth-order valence-corrected chi connectivity index (χ4v) is 1.32. The number of hydrogen-bond acceptors (Lipinski definition) is 4. The SMILES string of the molecule is CCOC(=O)C(C)(C)C(=O)CN(C)C(C)CC. The van der Waals surface area contributed by atoms with Gasteiger partial charge in [-0.3, -0.25) is 14.5 Å². The molecule has 0 aromatic rings. The van der Waals surface area contributed by atoms with Crippen LogP contribution >= 0.6 is 0 Å². The zero-order valence-electron chi connectivity index (χ0n) is 11.9.